The number of hydrogen-bond acceptors (Lipinski definition) is 0. The molecule has 0 rings (SSSR count). The van der Waals surface area contributed by atoms with Gasteiger partial charge in [-0.1, -0.05) is 25.1 Å². The van der Waals surface area contributed by atoms with Crippen LogP contribution in [0, 0.1) is 23.7 Å². The van der Waals surface area contributed by atoms with Crippen molar-refractivity contribution in [2.24, 2.45) is 0 Å². The molecule has 0 amide bonds. The molecule has 52 valence electrons. The molecule has 0 spiro atoms. The molecule has 0 aromatic carbocycles. The monoisotopic (exact) mass is 132 g/mol. The van der Waals surface area contributed by atoms with E-state index < -0.39 is 0 Å². The molecule has 0 unspecified atom stereocenters. The predicted molar refractivity (Wildman–Crippen MR) is 48.3 cm³/mol. The molecule has 0 nitrogen and oxygen atoms in total. The van der Waals surface area contributed by atoms with E-state index in [9.17, 15) is 0 Å². The molecule has 0 fully saturated rings. The zero-order chi connectivity index (χ0) is 7.66. The summed E-state index contributed by atoms with van der Waals surface area (Å²) >= 11 is 0. The van der Waals surface area contributed by atoms with Crippen molar-refractivity contribution < 1.29 is 0 Å². The fourth-order valence-corrected chi connectivity index (χ4v) is 0.549. The molecule has 0 aliphatic rings. The molecule has 0 heterocycles. The topological polar surface area (TPSA) is 0 Å². The summed E-state index contributed by atoms with van der Waals surface area (Å²) in [6, 6.07) is 0. The van der Waals surface area contributed by atoms with Gasteiger partial charge in [-0.25, -0.2) is 0 Å². The van der Waals surface area contributed by atoms with Crippen LogP contribution in [0.25, 0.3) is 0 Å². The van der Waals surface area contributed by atoms with Crippen LogP contribution in [-0.4, -0.2) is 7.28 Å². The van der Waals surface area contributed by atoms with E-state index in [1.807, 2.05) is 6.92 Å². The summed E-state index contributed by atoms with van der Waals surface area (Å²) in [5.74, 6) is 11.8. The first-order chi connectivity index (χ1) is 4.91. The highest BCUT2D eigenvalue weighted by molar-refractivity contribution is 6.36. The molecular weight excluding hydrogens is 119 g/mol. The molecular formula is C9H13B. The number of hydrogen-bond donors (Lipinski definition) is 0. The summed E-state index contributed by atoms with van der Waals surface area (Å²) in [4.78, 5) is 0. The van der Waals surface area contributed by atoms with Crippen LogP contribution in [0.4, 0.5) is 0 Å². The van der Waals surface area contributed by atoms with Crippen LogP contribution in [0.15, 0.2) is 0 Å². The maximum Gasteiger partial charge on any atom is 0.135 e. The van der Waals surface area contributed by atoms with Crippen molar-refractivity contribution in [2.45, 2.75) is 32.9 Å². The summed E-state index contributed by atoms with van der Waals surface area (Å²) in [5, 5.41) is 0. The van der Waals surface area contributed by atoms with Crippen LogP contribution in [0.5, 0.6) is 0 Å². The van der Waals surface area contributed by atoms with Gasteiger partial charge in [0.15, 0.2) is 0 Å². The molecule has 0 aliphatic heterocycles. The van der Waals surface area contributed by atoms with Gasteiger partial charge in [0.2, 0.25) is 0 Å². The van der Waals surface area contributed by atoms with Crippen LogP contribution in [0.2, 0.25) is 12.6 Å². The second kappa shape index (κ2) is 8.18. The van der Waals surface area contributed by atoms with Gasteiger partial charge >= 0.3 is 0 Å². The fraction of sp³-hybridized carbons (Fsp3) is 0.556. The van der Waals surface area contributed by atoms with E-state index in [4.69, 9.17) is 0 Å². The van der Waals surface area contributed by atoms with Crippen molar-refractivity contribution in [3.63, 3.8) is 0 Å². The van der Waals surface area contributed by atoms with Gasteiger partial charge < -0.3 is 0 Å². The van der Waals surface area contributed by atoms with Gasteiger partial charge in [-0.15, -0.1) is 11.8 Å². The normalized spacial score (nSPS) is 6.60. The highest BCUT2D eigenvalue weighted by Gasteiger charge is 1.78. The molecule has 0 saturated heterocycles. The quantitative estimate of drug-likeness (QED) is 0.304. The third-order valence-corrected chi connectivity index (χ3v) is 1.13. The lowest BCUT2D eigenvalue weighted by Crippen LogP contribution is -1.80. The third-order valence-electron chi connectivity index (χ3n) is 1.13. The molecule has 0 N–H and O–H groups in total. The largest absolute Gasteiger partial charge is 0.135 e. The highest BCUT2D eigenvalue weighted by Crippen LogP contribution is 1.81. The first-order valence-corrected chi connectivity index (χ1v) is 3.77. The molecule has 0 radical (unpaired) electrons. The van der Waals surface area contributed by atoms with Crippen molar-refractivity contribution in [2.75, 3.05) is 0 Å². The molecule has 0 saturated carbocycles. The first-order valence-electron chi connectivity index (χ1n) is 3.77. The summed E-state index contributed by atoms with van der Waals surface area (Å²) in [7, 11) is 1.21. The van der Waals surface area contributed by atoms with Crippen molar-refractivity contribution in [1.29, 1.82) is 0 Å². The predicted octanol–water partition coefficient (Wildman–Crippen LogP) is 1.70. The third kappa shape index (κ3) is 7.18. The summed E-state index contributed by atoms with van der Waals surface area (Å²) in [6.07, 6.45) is 3.00. The lowest BCUT2D eigenvalue weighted by molar-refractivity contribution is 1.43. The zero-order valence-corrected chi connectivity index (χ0v) is 6.83. The van der Waals surface area contributed by atoms with Crippen molar-refractivity contribution >= 4 is 7.28 Å². The highest BCUT2D eigenvalue weighted by atomic mass is 13.6. The van der Waals surface area contributed by atoms with Gasteiger partial charge in [-0.2, -0.15) is 0 Å². The minimum atomic E-state index is 0.736. The molecule has 1 heteroatoms. The Morgan fingerprint density at radius 1 is 1.20 bits per heavy atom. The number of rotatable bonds is 2. The summed E-state index contributed by atoms with van der Waals surface area (Å²) in [6.45, 7) is 4.02. The second-order valence-corrected chi connectivity index (χ2v) is 2.06. The second-order valence-electron chi connectivity index (χ2n) is 2.06. The first kappa shape index (κ1) is 9.18. The Morgan fingerprint density at radius 2 is 2.00 bits per heavy atom. The van der Waals surface area contributed by atoms with Gasteiger partial charge in [-0.05, 0) is 13.2 Å². The Bertz CT molecular complexity index is 172. The minimum absolute atomic E-state index is 0.736. The smallest absolute Gasteiger partial charge is 0.111 e. The summed E-state index contributed by atoms with van der Waals surface area (Å²) < 4.78 is 0. The lowest BCUT2D eigenvalue weighted by atomic mass is 9.72. The van der Waals surface area contributed by atoms with Crippen LogP contribution in [0.3, 0.4) is 0 Å². The minimum Gasteiger partial charge on any atom is -0.111 e. The maximum atomic E-state index is 3.07. The van der Waals surface area contributed by atoms with Crippen molar-refractivity contribution in [3.8, 4) is 23.7 Å². The zero-order valence-electron chi connectivity index (χ0n) is 6.83. The van der Waals surface area contributed by atoms with E-state index in [-0.39, 0.29) is 0 Å². The molecule has 0 aromatic heterocycles. The molecule has 0 aromatic rings. The Balaban J connectivity index is 3.20. The average molecular weight is 132 g/mol. The Morgan fingerprint density at radius 3 is 2.60 bits per heavy atom. The summed E-state index contributed by atoms with van der Waals surface area (Å²) in [5.41, 5.74) is 0. The van der Waals surface area contributed by atoms with Gasteiger partial charge in [0, 0.05) is 0 Å². The van der Waals surface area contributed by atoms with Crippen molar-refractivity contribution in [3.05, 3.63) is 0 Å². The maximum absolute atomic E-state index is 3.07. The van der Waals surface area contributed by atoms with Crippen LogP contribution in [-0.2, 0) is 0 Å². The lowest BCUT2D eigenvalue weighted by Gasteiger charge is -1.78. The van der Waals surface area contributed by atoms with Crippen LogP contribution in [0.1, 0.15) is 20.3 Å². The Hall–Kier alpha value is -0.815. The van der Waals surface area contributed by atoms with Crippen LogP contribution < -0.4 is 0 Å². The SMILES string of the molecule is CC#CCC#CCBCC. The van der Waals surface area contributed by atoms with Gasteiger partial charge in [-0.3, -0.25) is 0 Å². The van der Waals surface area contributed by atoms with Gasteiger partial charge in [0.05, 0.1) is 6.42 Å². The van der Waals surface area contributed by atoms with E-state index >= 15 is 0 Å². The molecule has 0 bridgehead atoms. The molecule has 0 atom stereocenters. The molecule has 0 aliphatic carbocycles. The fourth-order valence-electron chi connectivity index (χ4n) is 0.549. The van der Waals surface area contributed by atoms with E-state index in [0.717, 1.165) is 12.7 Å². The Labute approximate surface area is 64.6 Å². The van der Waals surface area contributed by atoms with Gasteiger partial charge in [0.25, 0.3) is 0 Å². The molecule has 10 heavy (non-hydrogen) atoms. The van der Waals surface area contributed by atoms with Crippen LogP contribution >= 0.6 is 0 Å². The van der Waals surface area contributed by atoms with Crippen molar-refractivity contribution in [1.82, 2.24) is 0 Å². The van der Waals surface area contributed by atoms with E-state index in [0.29, 0.717) is 0 Å². The van der Waals surface area contributed by atoms with Gasteiger partial charge in [0.1, 0.15) is 7.28 Å². The average Bonchev–Trinajstić information content (AvgIpc) is 1.97. The van der Waals surface area contributed by atoms with E-state index in [1.165, 1.54) is 13.6 Å². The van der Waals surface area contributed by atoms with E-state index in [1.54, 1.807) is 0 Å². The van der Waals surface area contributed by atoms with E-state index in [2.05, 4.69) is 30.6 Å². The Kier molecular flexibility index (Phi) is 7.52. The standard InChI is InChI=1S/C9H13B/c1-3-5-6-7-8-9-10-4-2/h10H,4,6,9H2,1-2H3.